The monoisotopic (exact) mass is 1450 g/mol. The summed E-state index contributed by atoms with van der Waals surface area (Å²) in [5.74, 6) is -0.788. The lowest BCUT2D eigenvalue weighted by molar-refractivity contribution is -0.387. The molecule has 2 saturated carbocycles. The van der Waals surface area contributed by atoms with Gasteiger partial charge in [0.05, 0.1) is 80.7 Å². The van der Waals surface area contributed by atoms with Crippen molar-refractivity contribution < 1.29 is 125 Å². The number of hydrogen-bond acceptors (Lipinski definition) is 29. The highest BCUT2D eigenvalue weighted by atomic mass is 16.8. The second kappa shape index (κ2) is 34.8. The van der Waals surface area contributed by atoms with Crippen LogP contribution in [0.3, 0.4) is 0 Å². The van der Waals surface area contributed by atoms with Gasteiger partial charge in [0.2, 0.25) is 12.4 Å². The molecule has 4 aliphatic heterocycles. The lowest BCUT2D eigenvalue weighted by Gasteiger charge is -2.49. The lowest BCUT2D eigenvalue weighted by atomic mass is 9.56. The fourth-order valence-electron chi connectivity index (χ4n) is 16.2. The summed E-state index contributed by atoms with van der Waals surface area (Å²) in [5.41, 5.74) is 2.94. The summed E-state index contributed by atoms with van der Waals surface area (Å²) in [6, 6.07) is 3.16. The highest BCUT2D eigenvalue weighted by Gasteiger charge is 2.63. The van der Waals surface area contributed by atoms with Gasteiger partial charge in [0.25, 0.3) is 0 Å². The number of nitro groups is 1. The van der Waals surface area contributed by atoms with Crippen LogP contribution in [0.25, 0.3) is 0 Å². The van der Waals surface area contributed by atoms with E-state index in [9.17, 15) is 54.8 Å². The number of piperidine rings is 1. The maximum Gasteiger partial charge on any atom is 0.509 e. The molecule has 10 rings (SSSR count). The SMILES string of the molecule is C=CCOC(=O)O[C@@H]1[C@@H](OC(=O)OCC=C)[C@H](Oc2ccc(C(Cc3cn(CCOCCOCCO[C@@H]4O[C@H](CO)[C@@H](O)[C@H](O)[C@H]4O)nn3)OC(=O)N3C[C@@H](C)C[C@H]4O[C@]5(CC[C@@H]6C(=C5C)C[C@H]5[C@H]6CC=C6C[C@@H](O)CC[C@@]65C)[C@H](C)[C@@H]43)cc2[N+](=O)[O-])O[C@H](C(=O)OCC=C)[C@H]1OC(=O)OCC=C. The van der Waals surface area contributed by atoms with Crippen LogP contribution in [0.1, 0.15) is 96.4 Å². The van der Waals surface area contributed by atoms with Gasteiger partial charge in [-0.15, -0.1) is 5.10 Å². The normalized spacial score (nSPS) is 33.1. The lowest BCUT2D eigenvalue weighted by Crippen LogP contribution is -2.64. The Morgan fingerprint density at radius 3 is 2.15 bits per heavy atom. The van der Waals surface area contributed by atoms with Gasteiger partial charge in [-0.25, -0.2) is 28.7 Å². The van der Waals surface area contributed by atoms with Gasteiger partial charge in [-0.2, -0.15) is 0 Å². The largest absolute Gasteiger partial charge is 0.509 e. The van der Waals surface area contributed by atoms with Gasteiger partial charge in [0, 0.05) is 31.1 Å². The van der Waals surface area contributed by atoms with E-state index >= 15 is 4.79 Å². The van der Waals surface area contributed by atoms with Crippen molar-refractivity contribution in [3.05, 3.63) is 119 Å². The minimum atomic E-state index is -2.20. The van der Waals surface area contributed by atoms with Crippen LogP contribution in [-0.2, 0) is 84.1 Å². The van der Waals surface area contributed by atoms with Crippen molar-refractivity contribution in [2.75, 3.05) is 72.6 Å². The number of aliphatic hydroxyl groups is 5. The van der Waals surface area contributed by atoms with E-state index in [0.29, 0.717) is 37.1 Å². The Balaban J connectivity index is 0.916. The predicted octanol–water partition coefficient (Wildman–Crippen LogP) is 6.14. The van der Waals surface area contributed by atoms with Crippen molar-refractivity contribution in [1.82, 2.24) is 19.9 Å². The molecule has 5 heterocycles. The summed E-state index contributed by atoms with van der Waals surface area (Å²) >= 11 is 0. The average Bonchev–Trinajstić information content (AvgIpc) is 1.56. The van der Waals surface area contributed by atoms with E-state index in [0.717, 1.165) is 50.7 Å². The van der Waals surface area contributed by atoms with Crippen LogP contribution in [-0.4, -0.2) is 239 Å². The van der Waals surface area contributed by atoms with Crippen LogP contribution in [0.15, 0.2) is 97.8 Å². The Hall–Kier alpha value is -7.89. The number of likely N-dealkylation sites (tertiary alicyclic amines) is 1. The number of nitrogens with zero attached hydrogens (tertiary/aromatic N) is 5. The third kappa shape index (κ3) is 17.4. The van der Waals surface area contributed by atoms with Gasteiger partial charge < -0.3 is 101 Å². The minimum Gasteiger partial charge on any atom is -0.459 e. The third-order valence-electron chi connectivity index (χ3n) is 21.2. The number of hydrogen-bond donors (Lipinski definition) is 5. The van der Waals surface area contributed by atoms with Gasteiger partial charge in [-0.1, -0.05) is 99.9 Å². The predicted molar refractivity (Wildman–Crippen MR) is 356 cm³/mol. The number of ether oxygens (including phenoxy) is 15. The van der Waals surface area contributed by atoms with E-state index < -0.39 is 159 Å². The molecule has 1 aromatic heterocycles. The summed E-state index contributed by atoms with van der Waals surface area (Å²) in [4.78, 5) is 83.8. The number of nitro benzene ring substituents is 1. The summed E-state index contributed by atoms with van der Waals surface area (Å²) in [6.45, 7) is 21.4. The molecule has 1 aromatic carbocycles. The third-order valence-corrected chi connectivity index (χ3v) is 21.2. The fraction of sp³-hybridized carbons (Fsp3) is 0.648. The van der Waals surface area contributed by atoms with E-state index in [-0.39, 0.29) is 86.7 Å². The molecule has 4 aliphatic carbocycles. The number of carbonyl (C=O) groups excluding carboxylic acids is 5. The molecule has 1 unspecified atom stereocenters. The Morgan fingerprint density at radius 2 is 1.47 bits per heavy atom. The van der Waals surface area contributed by atoms with Gasteiger partial charge in [-0.05, 0) is 105 Å². The standard InChI is InChI=1S/C71H95N5O27/c1-9-22-91-63(82)61-59(100-67(84)93-23-10-2)60(101-68(85)94-24-11-3)62(102-69(86)95-25-12-4)65(99-61)96-51-16-13-42(32-50(51)76(87)88)52(34-44-37-74(73-72-44)21-26-89-27-28-90-29-30-92-64-58(81)57(80)56(79)54(38-77)97-64)98-66(83)75-36-39(5)31-53-55(75)41(7)71(103-53)20-18-46-47-15-14-43-33-45(78)17-19-70(43,8)49(47)35-48(46)40(71)6/h9-14,16,32,37,39,41,45-47,49,52-62,64-65,77-81H,1-4,15,17-31,33-36,38H2,5-8H3/t39-,41+,45-,46-,47-,49-,52?,53+,54+,55-,56+,57-,58+,59-,60-,61-,62+,64+,65+,70-,71-/m0/s1. The van der Waals surface area contributed by atoms with Crippen molar-refractivity contribution in [2.24, 2.45) is 35.0 Å². The molecule has 1 amide bonds. The minimum absolute atomic E-state index is 0.00594. The highest BCUT2D eigenvalue weighted by molar-refractivity contribution is 5.77. The first kappa shape index (κ1) is 77.7. The zero-order valence-electron chi connectivity index (χ0n) is 58.3. The molecule has 4 saturated heterocycles. The van der Waals surface area contributed by atoms with Crippen LogP contribution < -0.4 is 4.74 Å². The molecule has 32 nitrogen and oxygen atoms in total. The molecule has 6 fully saturated rings. The average molecular weight is 1450 g/mol. The van der Waals surface area contributed by atoms with Gasteiger partial charge in [0.15, 0.2) is 30.4 Å². The number of aliphatic hydroxyl groups excluding tert-OH is 5. The first-order chi connectivity index (χ1) is 49.5. The second-order valence-corrected chi connectivity index (χ2v) is 27.5. The Labute approximate surface area is 595 Å². The zero-order valence-corrected chi connectivity index (χ0v) is 58.3. The Morgan fingerprint density at radius 1 is 0.806 bits per heavy atom. The number of aromatic nitrogens is 3. The number of benzene rings is 1. The van der Waals surface area contributed by atoms with Crippen LogP contribution in [0.5, 0.6) is 5.75 Å². The first-order valence-corrected chi connectivity index (χ1v) is 34.9. The molecule has 566 valence electrons. The number of fused-ring (bicyclic) bond motifs is 6. The van der Waals surface area contributed by atoms with Gasteiger partial charge in [-0.3, -0.25) is 10.1 Å². The summed E-state index contributed by atoms with van der Waals surface area (Å²) in [6.07, 6.45) is -9.67. The first-order valence-electron chi connectivity index (χ1n) is 34.9. The Bertz CT molecular complexity index is 3440. The molecule has 21 atom stereocenters. The number of esters is 1. The van der Waals surface area contributed by atoms with Crippen LogP contribution in [0.2, 0.25) is 0 Å². The van der Waals surface area contributed by atoms with E-state index in [1.165, 1.54) is 51.8 Å². The quantitative estimate of drug-likeness (QED) is 0.0146. The van der Waals surface area contributed by atoms with Crippen molar-refractivity contribution in [2.45, 2.75) is 183 Å². The van der Waals surface area contributed by atoms with Crippen molar-refractivity contribution in [3.8, 4) is 5.75 Å². The highest BCUT2D eigenvalue weighted by Crippen LogP contribution is 2.65. The maximum absolute atomic E-state index is 15.5. The molecule has 8 aliphatic rings. The molecule has 103 heavy (non-hydrogen) atoms. The molecule has 0 bridgehead atoms. The Kier molecular flexibility index (Phi) is 26.3. The van der Waals surface area contributed by atoms with E-state index in [1.807, 2.05) is 6.92 Å². The topological polar surface area (TPSA) is 402 Å². The van der Waals surface area contributed by atoms with Crippen molar-refractivity contribution >= 4 is 36.2 Å². The number of carbonyl (C=O) groups is 5. The van der Waals surface area contributed by atoms with Crippen LogP contribution in [0.4, 0.5) is 24.9 Å². The summed E-state index contributed by atoms with van der Waals surface area (Å²) in [5, 5.41) is 72.8. The zero-order chi connectivity index (χ0) is 73.9. The second-order valence-electron chi connectivity index (χ2n) is 27.5. The summed E-state index contributed by atoms with van der Waals surface area (Å²) < 4.78 is 87.2. The molecule has 5 N–H and O–H groups in total. The molecule has 0 radical (unpaired) electrons. The number of allylic oxidation sites excluding steroid dienone is 2. The van der Waals surface area contributed by atoms with Crippen molar-refractivity contribution in [3.63, 3.8) is 0 Å². The molecule has 1 spiro atoms. The smallest absolute Gasteiger partial charge is 0.459 e. The molecular weight excluding hydrogens is 1350 g/mol. The number of rotatable bonds is 30. The van der Waals surface area contributed by atoms with E-state index in [4.69, 9.17) is 71.1 Å². The van der Waals surface area contributed by atoms with Crippen molar-refractivity contribution in [1.29, 1.82) is 0 Å². The van der Waals surface area contributed by atoms with Gasteiger partial charge in [0.1, 0.15) is 56.9 Å². The number of amides is 1. The van der Waals surface area contributed by atoms with Crippen LogP contribution >= 0.6 is 0 Å². The van der Waals surface area contributed by atoms with Crippen LogP contribution in [0, 0.1) is 45.1 Å². The molecule has 2 aromatic rings. The summed E-state index contributed by atoms with van der Waals surface area (Å²) in [7, 11) is 0. The fourth-order valence-corrected chi connectivity index (χ4v) is 16.2. The van der Waals surface area contributed by atoms with Gasteiger partial charge >= 0.3 is 36.2 Å². The van der Waals surface area contributed by atoms with E-state index in [1.54, 1.807) is 11.1 Å². The maximum atomic E-state index is 15.5. The van der Waals surface area contributed by atoms with E-state index in [2.05, 4.69) is 63.5 Å². The molecule has 32 heteroatoms. The molecular formula is C71H95N5O27.